The van der Waals surface area contributed by atoms with Gasteiger partial charge in [0.05, 0.1) is 11.3 Å². The van der Waals surface area contributed by atoms with E-state index >= 15 is 0 Å². The van der Waals surface area contributed by atoms with Gasteiger partial charge in [-0.2, -0.15) is 0 Å². The van der Waals surface area contributed by atoms with E-state index in [4.69, 9.17) is 4.74 Å². The Hall–Kier alpha value is -1.88. The number of carbonyl (C=O) groups excluding carboxylic acids is 1. The number of nitrogens with zero attached hydrogens (tertiary/aromatic N) is 1. The Labute approximate surface area is 149 Å². The van der Waals surface area contributed by atoms with Crippen molar-refractivity contribution in [1.29, 1.82) is 0 Å². The van der Waals surface area contributed by atoms with Crippen molar-refractivity contribution in [2.45, 2.75) is 38.0 Å². The Morgan fingerprint density at radius 3 is 2.48 bits per heavy atom. The number of carboxylic acids is 1. The van der Waals surface area contributed by atoms with Crippen molar-refractivity contribution in [3.8, 4) is 0 Å². The topological polar surface area (TPSA) is 66.8 Å². The molecule has 1 aliphatic carbocycles. The van der Waals surface area contributed by atoms with E-state index in [9.17, 15) is 14.7 Å². The molecule has 3 rings (SSSR count). The molecule has 0 aromatic heterocycles. The molecule has 0 spiro atoms. The van der Waals surface area contributed by atoms with Gasteiger partial charge in [0.1, 0.15) is 0 Å². The van der Waals surface area contributed by atoms with Crippen LogP contribution in [0.4, 0.5) is 0 Å². The number of amides is 1. The summed E-state index contributed by atoms with van der Waals surface area (Å²) in [5.41, 5.74) is 0.646. The van der Waals surface area contributed by atoms with Gasteiger partial charge in [-0.1, -0.05) is 43.2 Å². The molecule has 1 N–H and O–H groups in total. The second kappa shape index (κ2) is 7.56. The lowest BCUT2D eigenvalue weighted by molar-refractivity contribution is -0.144. The Bertz CT molecular complexity index is 609. The van der Waals surface area contributed by atoms with E-state index in [0.717, 1.165) is 37.7 Å². The maximum atomic E-state index is 13.3. The van der Waals surface area contributed by atoms with Crippen molar-refractivity contribution in [2.24, 2.45) is 11.3 Å². The number of ether oxygens (including phenoxy) is 1. The molecule has 25 heavy (non-hydrogen) atoms. The third kappa shape index (κ3) is 3.56. The highest BCUT2D eigenvalue weighted by molar-refractivity contribution is 5.85. The Balaban J connectivity index is 1.80. The summed E-state index contributed by atoms with van der Waals surface area (Å²) >= 11 is 0. The quantitative estimate of drug-likeness (QED) is 0.861. The van der Waals surface area contributed by atoms with Crippen molar-refractivity contribution in [1.82, 2.24) is 4.90 Å². The molecule has 1 aromatic carbocycles. The second-order valence-corrected chi connectivity index (χ2v) is 7.40. The lowest BCUT2D eigenvalue weighted by Gasteiger charge is -2.32. The van der Waals surface area contributed by atoms with Crippen LogP contribution >= 0.6 is 0 Å². The molecule has 1 heterocycles. The van der Waals surface area contributed by atoms with Gasteiger partial charge in [0.25, 0.3) is 0 Å². The fourth-order valence-corrected chi connectivity index (χ4v) is 4.51. The molecule has 1 amide bonds. The molecule has 2 fully saturated rings. The predicted octanol–water partition coefficient (Wildman–Crippen LogP) is 2.91. The summed E-state index contributed by atoms with van der Waals surface area (Å²) in [6.45, 7) is 1.38. The molecular formula is C20H27NO4. The summed E-state index contributed by atoms with van der Waals surface area (Å²) in [6, 6.07) is 9.71. The van der Waals surface area contributed by atoms with Crippen LogP contribution in [0.5, 0.6) is 0 Å². The molecule has 2 atom stereocenters. The van der Waals surface area contributed by atoms with Crippen molar-refractivity contribution in [3.05, 3.63) is 35.9 Å². The Kier molecular flexibility index (Phi) is 5.42. The zero-order chi connectivity index (χ0) is 17.9. The summed E-state index contributed by atoms with van der Waals surface area (Å²) in [6.07, 6.45) is 4.63. The average molecular weight is 345 g/mol. The van der Waals surface area contributed by atoms with Gasteiger partial charge in [-0.05, 0) is 24.8 Å². The van der Waals surface area contributed by atoms with Crippen molar-refractivity contribution >= 4 is 11.9 Å². The summed E-state index contributed by atoms with van der Waals surface area (Å²) < 4.78 is 5.23. The van der Waals surface area contributed by atoms with Gasteiger partial charge in [0.2, 0.25) is 5.91 Å². The zero-order valence-electron chi connectivity index (χ0n) is 14.8. The maximum Gasteiger partial charge on any atom is 0.308 e. The molecule has 0 radical (unpaired) electrons. The van der Waals surface area contributed by atoms with E-state index in [1.807, 2.05) is 30.3 Å². The van der Waals surface area contributed by atoms with E-state index in [1.165, 1.54) is 0 Å². The Morgan fingerprint density at radius 2 is 1.88 bits per heavy atom. The summed E-state index contributed by atoms with van der Waals surface area (Å²) in [5, 5.41) is 9.66. The molecular weight excluding hydrogens is 318 g/mol. The number of carboxylic acid groups (broad SMARTS) is 1. The van der Waals surface area contributed by atoms with Gasteiger partial charge < -0.3 is 14.7 Å². The molecule has 5 heteroatoms. The van der Waals surface area contributed by atoms with Gasteiger partial charge in [0.15, 0.2) is 0 Å². The number of benzene rings is 1. The smallest absolute Gasteiger partial charge is 0.308 e. The lowest BCUT2D eigenvalue weighted by Crippen LogP contribution is -2.42. The summed E-state index contributed by atoms with van der Waals surface area (Å²) in [4.78, 5) is 26.9. The standard InChI is InChI=1S/C20H27NO4/c1-25-12-11-20(9-5-6-10-20)19(24)21-13-16(17(14-21)18(22)23)15-7-3-2-4-8-15/h2-4,7-8,16-17H,5-6,9-14H2,1H3,(H,22,23)/t16-,17-/m0/s1. The van der Waals surface area contributed by atoms with Crippen molar-refractivity contribution in [2.75, 3.05) is 26.8 Å². The van der Waals surface area contributed by atoms with Crippen LogP contribution in [-0.2, 0) is 14.3 Å². The predicted molar refractivity (Wildman–Crippen MR) is 94.3 cm³/mol. The number of carbonyl (C=O) groups is 2. The largest absolute Gasteiger partial charge is 0.481 e. The average Bonchev–Trinajstić information content (AvgIpc) is 3.28. The highest BCUT2D eigenvalue weighted by Crippen LogP contribution is 2.45. The molecule has 5 nitrogen and oxygen atoms in total. The van der Waals surface area contributed by atoms with Crippen LogP contribution in [0, 0.1) is 11.3 Å². The van der Waals surface area contributed by atoms with Gasteiger partial charge in [0, 0.05) is 32.7 Å². The normalized spacial score (nSPS) is 25.2. The zero-order valence-corrected chi connectivity index (χ0v) is 14.8. The van der Waals surface area contributed by atoms with Crippen molar-refractivity contribution < 1.29 is 19.4 Å². The van der Waals surface area contributed by atoms with Crippen LogP contribution in [0.2, 0.25) is 0 Å². The monoisotopic (exact) mass is 345 g/mol. The molecule has 136 valence electrons. The first kappa shape index (κ1) is 17.9. The first-order chi connectivity index (χ1) is 12.1. The van der Waals surface area contributed by atoms with E-state index in [1.54, 1.807) is 12.0 Å². The molecule has 1 aliphatic heterocycles. The minimum atomic E-state index is -0.818. The first-order valence-electron chi connectivity index (χ1n) is 9.13. The number of likely N-dealkylation sites (tertiary alicyclic amines) is 1. The number of aliphatic carboxylic acids is 1. The van der Waals surface area contributed by atoms with Crippen LogP contribution in [0.25, 0.3) is 0 Å². The highest BCUT2D eigenvalue weighted by Gasteiger charge is 2.48. The third-order valence-corrected chi connectivity index (χ3v) is 5.95. The molecule has 1 saturated carbocycles. The molecule has 2 aliphatic rings. The van der Waals surface area contributed by atoms with Gasteiger partial charge in [-0.3, -0.25) is 9.59 Å². The van der Waals surface area contributed by atoms with Crippen LogP contribution in [-0.4, -0.2) is 48.7 Å². The van der Waals surface area contributed by atoms with Crippen LogP contribution < -0.4 is 0 Å². The molecule has 0 unspecified atom stereocenters. The van der Waals surface area contributed by atoms with E-state index in [2.05, 4.69) is 0 Å². The number of methoxy groups -OCH3 is 1. The van der Waals surface area contributed by atoms with E-state index < -0.39 is 11.9 Å². The fourth-order valence-electron chi connectivity index (χ4n) is 4.51. The van der Waals surface area contributed by atoms with Crippen molar-refractivity contribution in [3.63, 3.8) is 0 Å². The number of hydrogen-bond acceptors (Lipinski definition) is 3. The SMILES string of the molecule is COCCC1(C(=O)N2C[C@H](C(=O)O)[C@H](c3ccccc3)C2)CCCC1. The maximum absolute atomic E-state index is 13.3. The number of hydrogen-bond donors (Lipinski definition) is 1. The first-order valence-corrected chi connectivity index (χ1v) is 9.13. The summed E-state index contributed by atoms with van der Waals surface area (Å²) in [7, 11) is 1.66. The highest BCUT2D eigenvalue weighted by atomic mass is 16.5. The van der Waals surface area contributed by atoms with E-state index in [-0.39, 0.29) is 17.2 Å². The van der Waals surface area contributed by atoms with E-state index in [0.29, 0.717) is 19.7 Å². The number of rotatable bonds is 6. The van der Waals surface area contributed by atoms with Crippen LogP contribution in [0.1, 0.15) is 43.6 Å². The van der Waals surface area contributed by atoms with Gasteiger partial charge in [-0.15, -0.1) is 0 Å². The third-order valence-electron chi connectivity index (χ3n) is 5.95. The lowest BCUT2D eigenvalue weighted by atomic mass is 9.81. The minimum absolute atomic E-state index is 0.131. The fraction of sp³-hybridized carbons (Fsp3) is 0.600. The summed E-state index contributed by atoms with van der Waals surface area (Å²) in [5.74, 6) is -1.36. The second-order valence-electron chi connectivity index (χ2n) is 7.40. The van der Waals surface area contributed by atoms with Gasteiger partial charge >= 0.3 is 5.97 Å². The van der Waals surface area contributed by atoms with Crippen LogP contribution in [0.3, 0.4) is 0 Å². The molecule has 1 saturated heterocycles. The van der Waals surface area contributed by atoms with Gasteiger partial charge in [-0.25, -0.2) is 0 Å². The minimum Gasteiger partial charge on any atom is -0.481 e. The Morgan fingerprint density at radius 1 is 1.20 bits per heavy atom. The molecule has 1 aromatic rings. The van der Waals surface area contributed by atoms with Crippen LogP contribution in [0.15, 0.2) is 30.3 Å². The molecule has 0 bridgehead atoms.